The number of nitrogens with zero attached hydrogens (tertiary/aromatic N) is 2. The van der Waals surface area contributed by atoms with Gasteiger partial charge >= 0.3 is 0 Å². The third-order valence-corrected chi connectivity index (χ3v) is 7.35. The van der Waals surface area contributed by atoms with E-state index in [9.17, 15) is 29.7 Å². The van der Waals surface area contributed by atoms with Crippen molar-refractivity contribution in [2.45, 2.75) is 31.4 Å². The van der Waals surface area contributed by atoms with Crippen molar-refractivity contribution in [1.29, 1.82) is 0 Å². The van der Waals surface area contributed by atoms with E-state index < -0.39 is 58.0 Å². The van der Waals surface area contributed by atoms with Crippen LogP contribution in [0.2, 0.25) is 0 Å². The molecule has 1 amide bonds. The van der Waals surface area contributed by atoms with Crippen molar-refractivity contribution in [2.75, 3.05) is 39.7 Å². The maximum absolute atomic E-state index is 13.8. The number of fused-ring (bicyclic) bond motifs is 3. The highest BCUT2D eigenvalue weighted by atomic mass is 16.5. The predicted molar refractivity (Wildman–Crippen MR) is 128 cm³/mol. The molecular formula is C25H31N3O7. The summed E-state index contributed by atoms with van der Waals surface area (Å²) < 4.78 is 5.71. The summed E-state index contributed by atoms with van der Waals surface area (Å²) in [6, 6.07) is 2.57. The van der Waals surface area contributed by atoms with Crippen molar-refractivity contribution in [3.05, 3.63) is 45.9 Å². The van der Waals surface area contributed by atoms with Crippen LogP contribution in [0.5, 0.6) is 5.75 Å². The molecule has 4 rings (SSSR count). The van der Waals surface area contributed by atoms with Crippen molar-refractivity contribution in [3.63, 3.8) is 0 Å². The van der Waals surface area contributed by atoms with E-state index in [1.165, 1.54) is 0 Å². The summed E-state index contributed by atoms with van der Waals surface area (Å²) in [6.07, 6.45) is 0.459. The fourth-order valence-electron chi connectivity index (χ4n) is 5.92. The molecule has 10 heteroatoms. The molecule has 188 valence electrons. The van der Waals surface area contributed by atoms with Crippen LogP contribution in [-0.4, -0.2) is 84.1 Å². The standard InChI is InChI=1S/C25H31N3O7/c1-6-35-15-8-7-14(27(2)3)12-9-11-10-13-19(28(4)5)21(30)18(24(26)33)23(32)25(13,34)22(31)16(11)20(29)17(12)15/h7-8,11,13,19,30-31,34H,6,9-10H2,1-5H3,(H2,26,33)/t11-,13-,19?,25-/m0/s1. The van der Waals surface area contributed by atoms with Crippen molar-refractivity contribution in [2.24, 2.45) is 17.6 Å². The Labute approximate surface area is 203 Å². The van der Waals surface area contributed by atoms with Crippen LogP contribution in [-0.2, 0) is 16.0 Å². The molecule has 10 nitrogen and oxygen atoms in total. The molecule has 1 aromatic carbocycles. The monoisotopic (exact) mass is 485 g/mol. The Kier molecular flexibility index (Phi) is 5.93. The molecule has 1 aromatic rings. The first kappa shape index (κ1) is 24.7. The zero-order valence-electron chi connectivity index (χ0n) is 20.5. The minimum atomic E-state index is -2.59. The highest BCUT2D eigenvalue weighted by Crippen LogP contribution is 2.53. The van der Waals surface area contributed by atoms with E-state index in [1.807, 2.05) is 25.1 Å². The number of ketones is 2. The number of benzene rings is 1. The highest BCUT2D eigenvalue weighted by Gasteiger charge is 2.63. The lowest BCUT2D eigenvalue weighted by Gasteiger charge is -2.50. The molecule has 35 heavy (non-hydrogen) atoms. The molecule has 0 saturated carbocycles. The Balaban J connectivity index is 1.98. The van der Waals surface area contributed by atoms with Gasteiger partial charge in [0.2, 0.25) is 5.78 Å². The molecule has 3 aliphatic carbocycles. The van der Waals surface area contributed by atoms with Gasteiger partial charge in [0.15, 0.2) is 11.4 Å². The number of likely N-dealkylation sites (N-methyl/N-ethyl adjacent to an activating group) is 1. The Hall–Kier alpha value is -3.37. The summed E-state index contributed by atoms with van der Waals surface area (Å²) in [5.41, 5.74) is 3.76. The number of hydrogen-bond acceptors (Lipinski definition) is 9. The number of aliphatic hydroxyl groups is 3. The van der Waals surface area contributed by atoms with Crippen LogP contribution < -0.4 is 15.4 Å². The number of carbonyl (C=O) groups is 3. The number of allylic oxidation sites excluding steroid dienone is 1. The number of carbonyl (C=O) groups excluding carboxylic acids is 3. The van der Waals surface area contributed by atoms with Gasteiger partial charge in [-0.1, -0.05) is 0 Å². The predicted octanol–water partition coefficient (Wildman–Crippen LogP) is 0.880. The van der Waals surface area contributed by atoms with Gasteiger partial charge in [-0.3, -0.25) is 19.3 Å². The molecule has 0 spiro atoms. The summed E-state index contributed by atoms with van der Waals surface area (Å²) in [5.74, 6) is -5.52. The zero-order chi connectivity index (χ0) is 26.0. The van der Waals surface area contributed by atoms with Crippen LogP contribution in [0.1, 0.15) is 29.3 Å². The van der Waals surface area contributed by atoms with Crippen LogP contribution in [0.4, 0.5) is 5.69 Å². The molecule has 0 aliphatic heterocycles. The van der Waals surface area contributed by atoms with Crippen LogP contribution in [0, 0.1) is 11.8 Å². The molecule has 5 N–H and O–H groups in total. The number of rotatable bonds is 5. The third-order valence-electron chi connectivity index (χ3n) is 7.35. The van der Waals surface area contributed by atoms with Crippen molar-refractivity contribution >= 4 is 23.2 Å². The number of Topliss-reactive ketones (excluding diaryl/α,β-unsaturated/α-hetero) is 2. The van der Waals surface area contributed by atoms with Crippen molar-refractivity contribution in [1.82, 2.24) is 4.90 Å². The third kappa shape index (κ3) is 3.35. The minimum Gasteiger partial charge on any atom is -0.510 e. The van der Waals surface area contributed by atoms with Gasteiger partial charge in [-0.05, 0) is 57.5 Å². The smallest absolute Gasteiger partial charge is 0.255 e. The summed E-state index contributed by atoms with van der Waals surface area (Å²) >= 11 is 0. The number of primary amides is 1. The quantitative estimate of drug-likeness (QED) is 0.445. The summed E-state index contributed by atoms with van der Waals surface area (Å²) in [5, 5.41) is 33.9. The van der Waals surface area contributed by atoms with Gasteiger partial charge in [0.05, 0.1) is 18.2 Å². The van der Waals surface area contributed by atoms with E-state index in [4.69, 9.17) is 10.5 Å². The van der Waals surface area contributed by atoms with Gasteiger partial charge in [-0.25, -0.2) is 0 Å². The molecule has 3 aliphatic rings. The van der Waals surface area contributed by atoms with Crippen LogP contribution in [0.25, 0.3) is 0 Å². The second-order valence-corrected chi connectivity index (χ2v) is 9.73. The van der Waals surface area contributed by atoms with Crippen molar-refractivity contribution < 1.29 is 34.4 Å². The molecule has 0 saturated heterocycles. The first-order valence-corrected chi connectivity index (χ1v) is 11.5. The lowest BCUT2D eigenvalue weighted by Crippen LogP contribution is -2.63. The largest absolute Gasteiger partial charge is 0.510 e. The van der Waals surface area contributed by atoms with Gasteiger partial charge in [0.25, 0.3) is 5.91 Å². The van der Waals surface area contributed by atoms with Gasteiger partial charge in [-0.2, -0.15) is 0 Å². The first-order chi connectivity index (χ1) is 16.4. The Bertz CT molecular complexity index is 1200. The molecule has 0 radical (unpaired) electrons. The Morgan fingerprint density at radius 2 is 1.86 bits per heavy atom. The van der Waals surface area contributed by atoms with E-state index in [-0.39, 0.29) is 17.6 Å². The Morgan fingerprint density at radius 3 is 2.40 bits per heavy atom. The number of hydrogen-bond donors (Lipinski definition) is 4. The van der Waals surface area contributed by atoms with Crippen LogP contribution in [0.15, 0.2) is 34.8 Å². The zero-order valence-corrected chi connectivity index (χ0v) is 20.5. The molecule has 0 bridgehead atoms. The van der Waals surface area contributed by atoms with E-state index in [2.05, 4.69) is 0 Å². The minimum absolute atomic E-state index is 0.0795. The molecular weight excluding hydrogens is 454 g/mol. The number of anilines is 1. The molecule has 0 fully saturated rings. The number of ether oxygens (including phenoxy) is 1. The fraction of sp³-hybridized carbons (Fsp3) is 0.480. The number of nitrogens with two attached hydrogens (primary N) is 1. The molecule has 1 unspecified atom stereocenters. The lowest BCUT2D eigenvalue weighted by molar-refractivity contribution is -0.148. The summed E-state index contributed by atoms with van der Waals surface area (Å²) in [4.78, 5) is 42.7. The average Bonchev–Trinajstić information content (AvgIpc) is 2.75. The fourth-order valence-corrected chi connectivity index (χ4v) is 5.92. The lowest BCUT2D eigenvalue weighted by atomic mass is 9.58. The topological polar surface area (TPSA) is 154 Å². The average molecular weight is 486 g/mol. The van der Waals surface area contributed by atoms with Crippen LogP contribution in [0.3, 0.4) is 0 Å². The summed E-state index contributed by atoms with van der Waals surface area (Å²) in [6.45, 7) is 2.11. The van der Waals surface area contributed by atoms with Crippen molar-refractivity contribution in [3.8, 4) is 5.75 Å². The first-order valence-electron chi connectivity index (χ1n) is 11.5. The Morgan fingerprint density at radius 1 is 1.20 bits per heavy atom. The van der Waals surface area contributed by atoms with Gasteiger partial charge < -0.3 is 30.7 Å². The van der Waals surface area contributed by atoms with E-state index in [0.29, 0.717) is 18.8 Å². The maximum Gasteiger partial charge on any atom is 0.255 e. The number of aliphatic hydroxyl groups excluding tert-OH is 2. The van der Waals surface area contributed by atoms with E-state index >= 15 is 0 Å². The maximum atomic E-state index is 13.8. The second kappa shape index (κ2) is 8.39. The van der Waals surface area contributed by atoms with Gasteiger partial charge in [-0.15, -0.1) is 0 Å². The molecule has 0 aromatic heterocycles. The molecule has 0 heterocycles. The SMILES string of the molecule is CCOc1ccc(N(C)C)c2c1C(=O)C1=C(O)[C@]3(O)C(=O)C(C(N)=O)=C(O)C(N(C)C)[C@@H]3C[C@@H]1C2. The summed E-state index contributed by atoms with van der Waals surface area (Å²) in [7, 11) is 6.95. The number of amides is 1. The van der Waals surface area contributed by atoms with Gasteiger partial charge in [0.1, 0.15) is 22.8 Å². The van der Waals surface area contributed by atoms with Gasteiger partial charge in [0, 0.05) is 31.3 Å². The highest BCUT2D eigenvalue weighted by molar-refractivity contribution is 6.24. The van der Waals surface area contributed by atoms with Crippen LogP contribution >= 0.6 is 0 Å². The van der Waals surface area contributed by atoms with E-state index in [1.54, 1.807) is 32.0 Å². The normalized spacial score (nSPS) is 28.0. The van der Waals surface area contributed by atoms with E-state index in [0.717, 1.165) is 11.3 Å². The molecule has 4 atom stereocenters. The second-order valence-electron chi connectivity index (χ2n) is 9.73.